The molecule has 34 valence electrons. The topological polar surface area (TPSA) is 33.6 Å². The molecule has 3 nitrogen and oxygen atoms in total. The predicted molar refractivity (Wildman–Crippen MR) is 22.4 cm³/mol. The zero-order valence-electron chi connectivity index (χ0n) is 3.35. The Morgan fingerprint density at radius 1 is 1.83 bits per heavy atom. The maximum Gasteiger partial charge on any atom is 0.172 e. The molecule has 0 saturated carbocycles. The van der Waals surface area contributed by atoms with Crippen molar-refractivity contribution in [1.82, 2.24) is 5.32 Å². The van der Waals surface area contributed by atoms with Gasteiger partial charge in [-0.05, 0) is 0 Å². The number of hydrogen-bond acceptors (Lipinski definition) is 3. The van der Waals surface area contributed by atoms with Crippen LogP contribution in [0.4, 0.5) is 0 Å². The van der Waals surface area contributed by atoms with Gasteiger partial charge in [0, 0.05) is 0 Å². The summed E-state index contributed by atoms with van der Waals surface area (Å²) in [6, 6.07) is 0. The van der Waals surface area contributed by atoms with E-state index in [0.29, 0.717) is 13.4 Å². The molecule has 0 unspecified atom stereocenters. The Kier molecular flexibility index (Phi) is 1.06. The van der Waals surface area contributed by atoms with Crippen molar-refractivity contribution in [2.75, 3.05) is 13.4 Å². The number of nitrogens with one attached hydrogen (secondary N) is 1. The minimum Gasteiger partial charge on any atom is -0.468 e. The van der Waals surface area contributed by atoms with Gasteiger partial charge < -0.3 is 4.74 Å². The van der Waals surface area contributed by atoms with Gasteiger partial charge in [-0.3, -0.25) is 5.32 Å². The van der Waals surface area contributed by atoms with Crippen molar-refractivity contribution in [3.05, 3.63) is 0 Å². The molecule has 0 bridgehead atoms. The van der Waals surface area contributed by atoms with Crippen molar-refractivity contribution >= 4 is 6.40 Å². The maximum atomic E-state index is 4.67. The molecule has 0 saturated heterocycles. The zero-order chi connectivity index (χ0) is 4.24. The summed E-state index contributed by atoms with van der Waals surface area (Å²) in [6.07, 6.45) is 1.45. The largest absolute Gasteiger partial charge is 0.468 e. The van der Waals surface area contributed by atoms with E-state index in [9.17, 15) is 0 Å². The van der Waals surface area contributed by atoms with Crippen LogP contribution >= 0.6 is 0 Å². The third-order valence-electron chi connectivity index (χ3n) is 0.538. The lowest BCUT2D eigenvalue weighted by atomic mass is 11.0. The molecular formula is C3H6N2O. The van der Waals surface area contributed by atoms with Crippen LogP contribution in [0.25, 0.3) is 0 Å². The van der Waals surface area contributed by atoms with Gasteiger partial charge in [-0.2, -0.15) is 0 Å². The van der Waals surface area contributed by atoms with E-state index in [4.69, 9.17) is 0 Å². The molecule has 0 fully saturated rings. The quantitative estimate of drug-likeness (QED) is 0.433. The first-order valence-corrected chi connectivity index (χ1v) is 1.81. The van der Waals surface area contributed by atoms with Gasteiger partial charge in [-0.25, -0.2) is 4.99 Å². The van der Waals surface area contributed by atoms with E-state index < -0.39 is 0 Å². The zero-order valence-corrected chi connectivity index (χ0v) is 3.35. The van der Waals surface area contributed by atoms with Crippen molar-refractivity contribution in [2.45, 2.75) is 0 Å². The lowest BCUT2D eigenvalue weighted by Crippen LogP contribution is -2.21. The highest BCUT2D eigenvalue weighted by Gasteiger charge is 1.84. The van der Waals surface area contributed by atoms with E-state index in [1.165, 1.54) is 6.40 Å². The third-order valence-corrected chi connectivity index (χ3v) is 0.538. The van der Waals surface area contributed by atoms with Crippen LogP contribution in [0.3, 0.4) is 0 Å². The second kappa shape index (κ2) is 1.77. The van der Waals surface area contributed by atoms with Gasteiger partial charge in [0.2, 0.25) is 0 Å². The van der Waals surface area contributed by atoms with Gasteiger partial charge in [0.1, 0.15) is 6.73 Å². The normalized spacial score (nSPS) is 20.0. The number of ether oxygens (including phenoxy) is 1. The monoisotopic (exact) mass is 86.0 g/mol. The summed E-state index contributed by atoms with van der Waals surface area (Å²) in [7, 11) is 0. The SMILES string of the molecule is C1=NCNCO1. The number of aliphatic imine (C=N–C) groups is 1. The number of nitrogens with zero attached hydrogens (tertiary/aromatic N) is 1. The molecule has 0 atom stereocenters. The minimum absolute atomic E-state index is 0.601. The van der Waals surface area contributed by atoms with Crippen LogP contribution < -0.4 is 5.32 Å². The van der Waals surface area contributed by atoms with Gasteiger partial charge >= 0.3 is 0 Å². The summed E-state index contributed by atoms with van der Waals surface area (Å²) < 4.78 is 4.67. The Hall–Kier alpha value is -0.570. The molecule has 1 N–H and O–H groups in total. The van der Waals surface area contributed by atoms with Crippen LogP contribution in [0.5, 0.6) is 0 Å². The Morgan fingerprint density at radius 2 is 2.83 bits per heavy atom. The van der Waals surface area contributed by atoms with Crippen LogP contribution in [0, 0.1) is 0 Å². The first-order valence-electron chi connectivity index (χ1n) is 1.81. The highest BCUT2D eigenvalue weighted by atomic mass is 16.5. The fraction of sp³-hybridized carbons (Fsp3) is 0.667. The van der Waals surface area contributed by atoms with Crippen LogP contribution in [0.2, 0.25) is 0 Å². The summed E-state index contributed by atoms with van der Waals surface area (Å²) in [4.78, 5) is 3.72. The van der Waals surface area contributed by atoms with E-state index in [2.05, 4.69) is 15.0 Å². The van der Waals surface area contributed by atoms with Crippen molar-refractivity contribution in [3.63, 3.8) is 0 Å². The molecule has 1 rings (SSSR count). The van der Waals surface area contributed by atoms with Crippen LogP contribution in [0.15, 0.2) is 4.99 Å². The van der Waals surface area contributed by atoms with E-state index in [-0.39, 0.29) is 0 Å². The smallest absolute Gasteiger partial charge is 0.172 e. The first-order chi connectivity index (χ1) is 3.00. The Balaban J connectivity index is 2.26. The molecule has 6 heavy (non-hydrogen) atoms. The van der Waals surface area contributed by atoms with Gasteiger partial charge in [0.05, 0.1) is 6.67 Å². The molecule has 1 aliphatic heterocycles. The summed E-state index contributed by atoms with van der Waals surface area (Å²) in [5.41, 5.74) is 0. The van der Waals surface area contributed by atoms with Crippen molar-refractivity contribution in [3.8, 4) is 0 Å². The average molecular weight is 86.1 g/mol. The standard InChI is InChI=1S/C3H6N2O/c1-4-2-6-3-5-1/h2,5H,1,3H2. The van der Waals surface area contributed by atoms with Crippen LogP contribution in [-0.2, 0) is 4.74 Å². The molecule has 0 radical (unpaired) electrons. The van der Waals surface area contributed by atoms with Gasteiger partial charge in [-0.15, -0.1) is 0 Å². The number of rotatable bonds is 0. The highest BCUT2D eigenvalue weighted by Crippen LogP contribution is 1.71. The summed E-state index contributed by atoms with van der Waals surface area (Å²) in [5, 5.41) is 2.86. The fourth-order valence-electron chi connectivity index (χ4n) is 0.296. The fourth-order valence-corrected chi connectivity index (χ4v) is 0.296. The third kappa shape index (κ3) is 0.687. The van der Waals surface area contributed by atoms with Gasteiger partial charge in [0.15, 0.2) is 6.40 Å². The van der Waals surface area contributed by atoms with E-state index in [1.54, 1.807) is 0 Å². The van der Waals surface area contributed by atoms with Gasteiger partial charge in [-0.1, -0.05) is 0 Å². The van der Waals surface area contributed by atoms with E-state index in [1.807, 2.05) is 0 Å². The molecule has 0 aromatic heterocycles. The average Bonchev–Trinajstić information content (AvgIpc) is 1.72. The lowest BCUT2D eigenvalue weighted by molar-refractivity contribution is 0.268. The molecule has 3 heteroatoms. The van der Waals surface area contributed by atoms with Crippen molar-refractivity contribution < 1.29 is 4.74 Å². The molecule has 1 aliphatic rings. The van der Waals surface area contributed by atoms with E-state index in [0.717, 1.165) is 0 Å². The molecule has 1 heterocycles. The first kappa shape index (κ1) is 3.61. The highest BCUT2D eigenvalue weighted by molar-refractivity contribution is 5.46. The lowest BCUT2D eigenvalue weighted by Gasteiger charge is -2.03. The molecule has 0 spiro atoms. The second-order valence-corrected chi connectivity index (χ2v) is 1.01. The Bertz CT molecular complexity index is 53.8. The minimum atomic E-state index is 0.601. The summed E-state index contributed by atoms with van der Waals surface area (Å²) in [6.45, 7) is 1.30. The van der Waals surface area contributed by atoms with Gasteiger partial charge in [0.25, 0.3) is 0 Å². The Labute approximate surface area is 36.0 Å². The number of hydrogen-bond donors (Lipinski definition) is 1. The molecular weight excluding hydrogens is 80.0 g/mol. The Morgan fingerprint density at radius 3 is 3.00 bits per heavy atom. The second-order valence-electron chi connectivity index (χ2n) is 1.01. The molecule has 0 aliphatic carbocycles. The van der Waals surface area contributed by atoms with E-state index >= 15 is 0 Å². The van der Waals surface area contributed by atoms with Crippen LogP contribution in [-0.4, -0.2) is 19.8 Å². The van der Waals surface area contributed by atoms with Crippen LogP contribution in [0.1, 0.15) is 0 Å². The molecule has 0 aromatic carbocycles. The summed E-state index contributed by atoms with van der Waals surface area (Å²) in [5.74, 6) is 0. The maximum absolute atomic E-state index is 4.67. The predicted octanol–water partition coefficient (Wildman–Crippen LogP) is -0.451. The van der Waals surface area contributed by atoms with Crippen molar-refractivity contribution in [1.29, 1.82) is 0 Å². The molecule has 0 amide bonds. The summed E-state index contributed by atoms with van der Waals surface area (Å²) >= 11 is 0. The van der Waals surface area contributed by atoms with Crippen molar-refractivity contribution in [2.24, 2.45) is 4.99 Å². The molecule has 0 aromatic rings.